The number of hydrogen-bond acceptors (Lipinski definition) is 3. The summed E-state index contributed by atoms with van der Waals surface area (Å²) in [7, 11) is 1.46. The average molecular weight is 362 g/mol. The Hall–Kier alpha value is -2.59. The van der Waals surface area contributed by atoms with E-state index in [1.54, 1.807) is 0 Å². The second-order valence-electron chi connectivity index (χ2n) is 7.25. The molecule has 0 fully saturated rings. The first-order chi connectivity index (χ1) is 13.3. The lowest BCUT2D eigenvalue weighted by Gasteiger charge is -2.36. The van der Waals surface area contributed by atoms with Crippen LogP contribution in [-0.2, 0) is 22.5 Å². The molecule has 4 nitrogen and oxygen atoms in total. The second-order valence-corrected chi connectivity index (χ2v) is 7.25. The predicted molar refractivity (Wildman–Crippen MR) is 107 cm³/mol. The van der Waals surface area contributed by atoms with E-state index in [9.17, 15) is 4.79 Å². The molecular formula is C23H26N2O2. The van der Waals surface area contributed by atoms with E-state index < -0.39 is 0 Å². The molecular weight excluding hydrogens is 336 g/mol. The number of carbonyl (C=O) groups is 1. The summed E-state index contributed by atoms with van der Waals surface area (Å²) >= 11 is 0. The van der Waals surface area contributed by atoms with Crippen molar-refractivity contribution in [2.24, 2.45) is 0 Å². The number of nitrogens with zero attached hydrogens (tertiary/aromatic N) is 1. The van der Waals surface area contributed by atoms with Crippen LogP contribution >= 0.6 is 0 Å². The maximum Gasteiger partial charge on any atom is 0.305 e. The Balaban J connectivity index is 1.62. The van der Waals surface area contributed by atoms with Gasteiger partial charge in [-0.1, -0.05) is 48.5 Å². The third-order valence-electron chi connectivity index (χ3n) is 5.58. The van der Waals surface area contributed by atoms with Crippen molar-refractivity contribution >= 4 is 16.9 Å². The fraction of sp³-hybridized carbons (Fsp3) is 0.348. The van der Waals surface area contributed by atoms with Crippen molar-refractivity contribution in [1.82, 2.24) is 9.88 Å². The highest BCUT2D eigenvalue weighted by molar-refractivity contribution is 5.85. The number of fused-ring (bicyclic) bond motifs is 3. The van der Waals surface area contributed by atoms with Crippen molar-refractivity contribution in [3.63, 3.8) is 0 Å². The van der Waals surface area contributed by atoms with Crippen LogP contribution in [0.2, 0.25) is 0 Å². The molecule has 140 valence electrons. The van der Waals surface area contributed by atoms with Crippen LogP contribution in [0.3, 0.4) is 0 Å². The number of rotatable bonds is 6. The van der Waals surface area contributed by atoms with E-state index in [2.05, 4.69) is 64.5 Å². The van der Waals surface area contributed by atoms with Crippen molar-refractivity contribution in [3.8, 4) is 0 Å². The van der Waals surface area contributed by atoms with Gasteiger partial charge in [0, 0.05) is 36.1 Å². The molecule has 2 heterocycles. The molecule has 0 bridgehead atoms. The molecule has 1 aliphatic rings. The van der Waals surface area contributed by atoms with Crippen LogP contribution in [0.4, 0.5) is 0 Å². The summed E-state index contributed by atoms with van der Waals surface area (Å²) in [5.41, 5.74) is 5.30. The van der Waals surface area contributed by atoms with Gasteiger partial charge in [0.2, 0.25) is 0 Å². The standard InChI is InChI=1S/C23H26N2O2/c1-27-22(26)13-7-12-21-23-19(18-10-5-6-11-20(18)24-23)14-15-25(21)16-17-8-3-2-4-9-17/h2-6,8-11,21,24H,7,12-16H2,1H3. The lowest BCUT2D eigenvalue weighted by atomic mass is 9.93. The summed E-state index contributed by atoms with van der Waals surface area (Å²) in [6.45, 7) is 1.96. The highest BCUT2D eigenvalue weighted by Gasteiger charge is 2.30. The molecule has 2 aromatic carbocycles. The molecule has 0 radical (unpaired) electrons. The van der Waals surface area contributed by atoms with Crippen molar-refractivity contribution in [3.05, 3.63) is 71.4 Å². The highest BCUT2D eigenvalue weighted by Crippen LogP contribution is 2.37. The summed E-state index contributed by atoms with van der Waals surface area (Å²) in [6, 6.07) is 19.5. The van der Waals surface area contributed by atoms with Gasteiger partial charge in [-0.3, -0.25) is 9.69 Å². The Kier molecular flexibility index (Phi) is 5.26. The monoisotopic (exact) mass is 362 g/mol. The van der Waals surface area contributed by atoms with Gasteiger partial charge >= 0.3 is 5.97 Å². The van der Waals surface area contributed by atoms with Gasteiger partial charge in [-0.2, -0.15) is 0 Å². The van der Waals surface area contributed by atoms with Crippen molar-refractivity contribution in [2.45, 2.75) is 38.3 Å². The number of para-hydroxylation sites is 1. The fourth-order valence-corrected chi connectivity index (χ4v) is 4.24. The van der Waals surface area contributed by atoms with Crippen molar-refractivity contribution < 1.29 is 9.53 Å². The Labute approximate surface area is 160 Å². The van der Waals surface area contributed by atoms with Crippen molar-refractivity contribution in [2.75, 3.05) is 13.7 Å². The summed E-state index contributed by atoms with van der Waals surface area (Å²) in [5, 5.41) is 1.34. The van der Waals surface area contributed by atoms with Gasteiger partial charge in [0.1, 0.15) is 0 Å². The maximum absolute atomic E-state index is 11.6. The second kappa shape index (κ2) is 7.97. The quantitative estimate of drug-likeness (QED) is 0.651. The topological polar surface area (TPSA) is 45.3 Å². The summed E-state index contributed by atoms with van der Waals surface area (Å²) < 4.78 is 4.82. The summed E-state index contributed by atoms with van der Waals surface area (Å²) in [4.78, 5) is 17.8. The SMILES string of the molecule is COC(=O)CCCC1c2[nH]c3ccccc3c2CCN1Cc1ccccc1. The number of ether oxygens (including phenoxy) is 1. The van der Waals surface area contributed by atoms with E-state index >= 15 is 0 Å². The summed E-state index contributed by atoms with van der Waals surface area (Å²) in [5.74, 6) is -0.128. The molecule has 0 saturated heterocycles. The molecule has 0 saturated carbocycles. The Morgan fingerprint density at radius 2 is 1.93 bits per heavy atom. The number of esters is 1. The van der Waals surface area contributed by atoms with E-state index in [-0.39, 0.29) is 5.97 Å². The summed E-state index contributed by atoms with van der Waals surface area (Å²) in [6.07, 6.45) is 3.31. The molecule has 0 amide bonds. The molecule has 1 atom stereocenters. The van der Waals surface area contributed by atoms with Crippen molar-refractivity contribution in [1.29, 1.82) is 0 Å². The zero-order valence-corrected chi connectivity index (χ0v) is 15.8. The fourth-order valence-electron chi connectivity index (χ4n) is 4.24. The van der Waals surface area contributed by atoms with Crippen LogP contribution in [0.15, 0.2) is 54.6 Å². The van der Waals surface area contributed by atoms with Gasteiger partial charge in [-0.25, -0.2) is 0 Å². The van der Waals surface area contributed by atoms with Crippen LogP contribution in [0.5, 0.6) is 0 Å². The van der Waals surface area contributed by atoms with E-state index in [1.807, 2.05) is 0 Å². The number of aromatic amines is 1. The van der Waals surface area contributed by atoms with Crippen LogP contribution in [-0.4, -0.2) is 29.5 Å². The number of hydrogen-bond donors (Lipinski definition) is 1. The Morgan fingerprint density at radius 3 is 2.74 bits per heavy atom. The van der Waals surface area contributed by atoms with E-state index in [1.165, 1.54) is 34.8 Å². The first kappa shape index (κ1) is 17.8. The largest absolute Gasteiger partial charge is 0.469 e. The van der Waals surface area contributed by atoms with E-state index in [4.69, 9.17) is 4.74 Å². The van der Waals surface area contributed by atoms with Crippen LogP contribution in [0, 0.1) is 0 Å². The van der Waals surface area contributed by atoms with Crippen LogP contribution in [0.1, 0.15) is 42.1 Å². The zero-order chi connectivity index (χ0) is 18.6. The lowest BCUT2D eigenvalue weighted by molar-refractivity contribution is -0.140. The smallest absolute Gasteiger partial charge is 0.305 e. The number of benzene rings is 2. The van der Waals surface area contributed by atoms with Gasteiger partial charge in [0.15, 0.2) is 0 Å². The Morgan fingerprint density at radius 1 is 1.15 bits per heavy atom. The molecule has 4 rings (SSSR count). The molecule has 0 aliphatic carbocycles. The van der Waals surface area contributed by atoms with Gasteiger partial charge < -0.3 is 9.72 Å². The van der Waals surface area contributed by atoms with Gasteiger partial charge in [0.25, 0.3) is 0 Å². The molecule has 1 unspecified atom stereocenters. The predicted octanol–water partition coefficient (Wildman–Crippen LogP) is 4.61. The highest BCUT2D eigenvalue weighted by atomic mass is 16.5. The normalized spacial score (nSPS) is 17.0. The maximum atomic E-state index is 11.6. The first-order valence-corrected chi connectivity index (χ1v) is 9.70. The lowest BCUT2D eigenvalue weighted by Crippen LogP contribution is -2.35. The number of methoxy groups -OCH3 is 1. The zero-order valence-electron chi connectivity index (χ0n) is 15.8. The van der Waals surface area contributed by atoms with Crippen LogP contribution < -0.4 is 0 Å². The molecule has 3 aromatic rings. The molecule has 27 heavy (non-hydrogen) atoms. The molecule has 1 N–H and O–H groups in total. The van der Waals surface area contributed by atoms with Gasteiger partial charge in [-0.05, 0) is 36.5 Å². The molecule has 4 heteroatoms. The number of carbonyl (C=O) groups excluding carboxylic acids is 1. The minimum atomic E-state index is -0.128. The minimum Gasteiger partial charge on any atom is -0.469 e. The third-order valence-corrected chi connectivity index (χ3v) is 5.58. The number of aromatic nitrogens is 1. The number of nitrogens with one attached hydrogen (secondary N) is 1. The van der Waals surface area contributed by atoms with Crippen LogP contribution in [0.25, 0.3) is 10.9 Å². The third kappa shape index (κ3) is 3.76. The first-order valence-electron chi connectivity index (χ1n) is 9.70. The molecule has 0 spiro atoms. The van der Waals surface area contributed by atoms with E-state index in [0.717, 1.165) is 32.4 Å². The van der Waals surface area contributed by atoms with E-state index in [0.29, 0.717) is 12.5 Å². The minimum absolute atomic E-state index is 0.128. The number of H-pyrrole nitrogens is 1. The van der Waals surface area contributed by atoms with Gasteiger partial charge in [0.05, 0.1) is 13.2 Å². The average Bonchev–Trinajstić information content (AvgIpc) is 3.09. The Bertz CT molecular complexity index is 917. The molecule has 1 aromatic heterocycles. The van der Waals surface area contributed by atoms with Gasteiger partial charge in [-0.15, -0.1) is 0 Å². The molecule has 1 aliphatic heterocycles.